The Balaban J connectivity index is 1.47. The van der Waals surface area contributed by atoms with Gasteiger partial charge in [0.15, 0.2) is 11.0 Å². The number of aromatic nitrogens is 3. The Hall–Kier alpha value is -2.45. The second-order valence-electron chi connectivity index (χ2n) is 5.35. The monoisotopic (exact) mass is 392 g/mol. The summed E-state index contributed by atoms with van der Waals surface area (Å²) in [6.07, 6.45) is 1.57. The van der Waals surface area contributed by atoms with Crippen LogP contribution in [0.4, 0.5) is 0 Å². The molecule has 26 heavy (non-hydrogen) atoms. The summed E-state index contributed by atoms with van der Waals surface area (Å²) < 4.78 is 12.6. The second kappa shape index (κ2) is 8.77. The van der Waals surface area contributed by atoms with Crippen molar-refractivity contribution in [1.82, 2.24) is 20.1 Å². The molecule has 0 aliphatic rings. The number of ether oxygens (including phenoxy) is 1. The maximum Gasteiger partial charge on any atom is 0.230 e. The fourth-order valence-corrected chi connectivity index (χ4v) is 2.94. The summed E-state index contributed by atoms with van der Waals surface area (Å²) in [6.45, 7) is 0.641. The molecule has 0 atom stereocenters. The van der Waals surface area contributed by atoms with Crippen LogP contribution in [-0.4, -0.2) is 26.4 Å². The number of benzene rings is 1. The quantitative estimate of drug-likeness (QED) is 0.593. The summed E-state index contributed by atoms with van der Waals surface area (Å²) in [7, 11) is 1.84. The first kappa shape index (κ1) is 18.3. The van der Waals surface area contributed by atoms with Gasteiger partial charge in [-0.05, 0) is 36.4 Å². The third-order valence-corrected chi connectivity index (χ3v) is 4.75. The van der Waals surface area contributed by atoms with Crippen molar-refractivity contribution in [3.63, 3.8) is 0 Å². The normalized spacial score (nSPS) is 10.7. The molecule has 1 aromatic carbocycles. The van der Waals surface area contributed by atoms with Gasteiger partial charge in [0.1, 0.15) is 18.1 Å². The van der Waals surface area contributed by atoms with E-state index in [2.05, 4.69) is 15.5 Å². The van der Waals surface area contributed by atoms with Gasteiger partial charge in [-0.1, -0.05) is 23.4 Å². The van der Waals surface area contributed by atoms with Crippen LogP contribution in [0, 0.1) is 0 Å². The molecule has 7 nitrogen and oxygen atoms in total. The topological polar surface area (TPSA) is 82.2 Å². The molecule has 2 aromatic heterocycles. The molecule has 1 amide bonds. The molecule has 0 unspecified atom stereocenters. The van der Waals surface area contributed by atoms with Crippen LogP contribution in [0.15, 0.2) is 52.2 Å². The van der Waals surface area contributed by atoms with Crippen molar-refractivity contribution in [3.05, 3.63) is 59.3 Å². The summed E-state index contributed by atoms with van der Waals surface area (Å²) >= 11 is 7.16. The molecular weight excluding hydrogens is 376 g/mol. The van der Waals surface area contributed by atoms with Gasteiger partial charge in [-0.3, -0.25) is 4.79 Å². The SMILES string of the molecule is Cn1c(COc2ccc(Cl)cc2)nnc1SCC(=O)NCc1ccco1. The largest absolute Gasteiger partial charge is 0.486 e. The van der Waals surface area contributed by atoms with Gasteiger partial charge in [0, 0.05) is 12.1 Å². The van der Waals surface area contributed by atoms with Crippen molar-refractivity contribution in [1.29, 1.82) is 0 Å². The number of hydrogen-bond donors (Lipinski definition) is 1. The molecule has 0 spiro atoms. The Morgan fingerprint density at radius 1 is 1.31 bits per heavy atom. The van der Waals surface area contributed by atoms with Crippen LogP contribution in [0.3, 0.4) is 0 Å². The highest BCUT2D eigenvalue weighted by Crippen LogP contribution is 2.19. The lowest BCUT2D eigenvalue weighted by molar-refractivity contribution is -0.118. The third-order valence-electron chi connectivity index (χ3n) is 3.48. The van der Waals surface area contributed by atoms with E-state index in [1.807, 2.05) is 13.1 Å². The fraction of sp³-hybridized carbons (Fsp3) is 0.235. The average Bonchev–Trinajstić information content (AvgIpc) is 3.28. The van der Waals surface area contributed by atoms with E-state index in [9.17, 15) is 4.79 Å². The van der Waals surface area contributed by atoms with Crippen LogP contribution >= 0.6 is 23.4 Å². The molecule has 9 heteroatoms. The predicted octanol–water partition coefficient (Wildman–Crippen LogP) is 3.05. The van der Waals surface area contributed by atoms with Crippen LogP contribution in [0.2, 0.25) is 5.02 Å². The van der Waals surface area contributed by atoms with E-state index in [1.165, 1.54) is 11.8 Å². The third kappa shape index (κ3) is 5.03. The number of rotatable bonds is 8. The van der Waals surface area contributed by atoms with Crippen molar-refractivity contribution in [3.8, 4) is 5.75 Å². The van der Waals surface area contributed by atoms with E-state index in [0.717, 1.165) is 0 Å². The van der Waals surface area contributed by atoms with Gasteiger partial charge < -0.3 is 19.0 Å². The van der Waals surface area contributed by atoms with E-state index >= 15 is 0 Å². The van der Waals surface area contributed by atoms with Crippen LogP contribution < -0.4 is 10.1 Å². The van der Waals surface area contributed by atoms with Gasteiger partial charge in [-0.15, -0.1) is 10.2 Å². The van der Waals surface area contributed by atoms with E-state index < -0.39 is 0 Å². The summed E-state index contributed by atoms with van der Waals surface area (Å²) in [5, 5.41) is 12.3. The lowest BCUT2D eigenvalue weighted by Gasteiger charge is -2.07. The average molecular weight is 393 g/mol. The Morgan fingerprint density at radius 2 is 2.12 bits per heavy atom. The zero-order valence-corrected chi connectivity index (χ0v) is 15.6. The van der Waals surface area contributed by atoms with Crippen LogP contribution in [0.1, 0.15) is 11.6 Å². The van der Waals surface area contributed by atoms with E-state index in [1.54, 1.807) is 41.2 Å². The number of halogens is 1. The number of nitrogens with zero attached hydrogens (tertiary/aromatic N) is 3. The van der Waals surface area contributed by atoms with Gasteiger partial charge in [-0.25, -0.2) is 0 Å². The lowest BCUT2D eigenvalue weighted by atomic mass is 10.3. The van der Waals surface area contributed by atoms with E-state index in [-0.39, 0.29) is 18.3 Å². The summed E-state index contributed by atoms with van der Waals surface area (Å²) in [6, 6.07) is 10.7. The number of hydrogen-bond acceptors (Lipinski definition) is 6. The number of furan rings is 1. The zero-order chi connectivity index (χ0) is 18.4. The molecule has 0 saturated carbocycles. The highest BCUT2D eigenvalue weighted by Gasteiger charge is 2.12. The zero-order valence-electron chi connectivity index (χ0n) is 14.0. The fourth-order valence-electron chi connectivity index (χ4n) is 2.06. The number of nitrogens with one attached hydrogen (secondary N) is 1. The summed E-state index contributed by atoms with van der Waals surface area (Å²) in [5.41, 5.74) is 0. The molecule has 0 bridgehead atoms. The standard InChI is InChI=1S/C17H17ClN4O3S/c1-22-15(10-25-13-6-4-12(18)5-7-13)20-21-17(22)26-11-16(23)19-9-14-3-2-8-24-14/h2-8H,9-11H2,1H3,(H,19,23). The maximum absolute atomic E-state index is 11.9. The molecule has 0 saturated heterocycles. The maximum atomic E-state index is 11.9. The highest BCUT2D eigenvalue weighted by molar-refractivity contribution is 7.99. The van der Waals surface area contributed by atoms with E-state index in [0.29, 0.717) is 34.1 Å². The molecule has 136 valence electrons. The van der Waals surface area contributed by atoms with Crippen molar-refractivity contribution in [2.45, 2.75) is 18.3 Å². The van der Waals surface area contributed by atoms with Crippen LogP contribution in [-0.2, 0) is 25.0 Å². The first-order valence-corrected chi connectivity index (χ1v) is 9.16. The Bertz CT molecular complexity index is 850. The molecule has 1 N–H and O–H groups in total. The molecular formula is C17H17ClN4O3S. The Labute approximate surface area is 159 Å². The minimum atomic E-state index is -0.103. The second-order valence-corrected chi connectivity index (χ2v) is 6.72. The molecule has 0 aliphatic carbocycles. The number of thioether (sulfide) groups is 1. The van der Waals surface area contributed by atoms with E-state index in [4.69, 9.17) is 20.8 Å². The Morgan fingerprint density at radius 3 is 2.85 bits per heavy atom. The summed E-state index contributed by atoms with van der Waals surface area (Å²) in [4.78, 5) is 11.9. The van der Waals surface area contributed by atoms with Gasteiger partial charge >= 0.3 is 0 Å². The number of amides is 1. The van der Waals surface area contributed by atoms with Crippen molar-refractivity contribution in [2.24, 2.45) is 7.05 Å². The molecule has 2 heterocycles. The molecule has 3 rings (SSSR count). The van der Waals surface area contributed by atoms with Crippen LogP contribution in [0.5, 0.6) is 5.75 Å². The van der Waals surface area contributed by atoms with Gasteiger partial charge in [0.05, 0.1) is 18.6 Å². The molecule has 3 aromatic rings. The summed E-state index contributed by atoms with van der Waals surface area (Å²) in [5.74, 6) is 2.21. The minimum Gasteiger partial charge on any atom is -0.486 e. The number of carbonyl (C=O) groups excluding carboxylic acids is 1. The smallest absolute Gasteiger partial charge is 0.230 e. The van der Waals surface area contributed by atoms with Gasteiger partial charge in [0.25, 0.3) is 0 Å². The Kier molecular flexibility index (Phi) is 6.19. The van der Waals surface area contributed by atoms with Crippen LogP contribution in [0.25, 0.3) is 0 Å². The first-order valence-electron chi connectivity index (χ1n) is 7.80. The molecule has 0 aliphatic heterocycles. The minimum absolute atomic E-state index is 0.103. The molecule has 0 radical (unpaired) electrons. The number of carbonyl (C=O) groups is 1. The molecule has 0 fully saturated rings. The van der Waals surface area contributed by atoms with Gasteiger partial charge in [-0.2, -0.15) is 0 Å². The predicted molar refractivity (Wildman–Crippen MR) is 98.1 cm³/mol. The van der Waals surface area contributed by atoms with Crippen molar-refractivity contribution < 1.29 is 13.9 Å². The van der Waals surface area contributed by atoms with Gasteiger partial charge in [0.2, 0.25) is 5.91 Å². The highest BCUT2D eigenvalue weighted by atomic mass is 35.5. The van der Waals surface area contributed by atoms with Crippen molar-refractivity contribution in [2.75, 3.05) is 5.75 Å². The lowest BCUT2D eigenvalue weighted by Crippen LogP contribution is -2.24. The first-order chi connectivity index (χ1) is 12.6. The van der Waals surface area contributed by atoms with Crippen molar-refractivity contribution >= 4 is 29.3 Å².